The number of hydrogen-bond donors (Lipinski definition) is 1. The normalized spacial score (nSPS) is 12.0. The van der Waals surface area contributed by atoms with Crippen molar-refractivity contribution in [3.8, 4) is 5.75 Å². The zero-order chi connectivity index (χ0) is 13.2. The minimum Gasteiger partial charge on any atom is -0.405 e. The number of alkyl halides is 5. The van der Waals surface area contributed by atoms with Crippen LogP contribution in [-0.2, 0) is 6.61 Å². The quantitative estimate of drug-likeness (QED) is 0.682. The number of hydrogen-bond acceptors (Lipinski definition) is 3. The third-order valence-electron chi connectivity index (χ3n) is 1.71. The Kier molecular flexibility index (Phi) is 4.10. The molecule has 1 aromatic rings. The molecular weight excluding hydrogens is 273 g/mol. The molecule has 17 heavy (non-hydrogen) atoms. The topological polar surface area (TPSA) is 42.4 Å². The summed E-state index contributed by atoms with van der Waals surface area (Å²) in [5, 5.41) is 8.25. The van der Waals surface area contributed by atoms with E-state index in [1.807, 2.05) is 0 Å². The van der Waals surface area contributed by atoms with Crippen LogP contribution in [0.5, 0.6) is 5.75 Å². The third-order valence-corrected chi connectivity index (χ3v) is 2.04. The molecule has 1 rings (SSSR count). The highest BCUT2D eigenvalue weighted by molar-refractivity contribution is 6.30. The molecule has 1 heterocycles. The molecule has 0 aliphatic rings. The average Bonchev–Trinajstić information content (AvgIpc) is 2.15. The molecule has 0 unspecified atom stereocenters. The highest BCUT2D eigenvalue weighted by Gasteiger charge is 2.35. The number of pyridine rings is 1. The molecule has 1 N–H and O–H groups in total. The average molecular weight is 278 g/mol. The Hall–Kier alpha value is -1.15. The summed E-state index contributed by atoms with van der Waals surface area (Å²) in [7, 11) is 0. The summed E-state index contributed by atoms with van der Waals surface area (Å²) in [5.41, 5.74) is -1.72. The fraction of sp³-hybridized carbons (Fsp3) is 0.375. The van der Waals surface area contributed by atoms with Gasteiger partial charge in [0.05, 0.1) is 17.7 Å². The Labute approximate surface area is 96.8 Å². The second-order valence-electron chi connectivity index (χ2n) is 2.82. The van der Waals surface area contributed by atoms with Gasteiger partial charge in [-0.25, -0.2) is 13.8 Å². The van der Waals surface area contributed by atoms with Crippen LogP contribution in [0.4, 0.5) is 22.0 Å². The molecule has 0 aliphatic carbocycles. The molecule has 0 atom stereocenters. The van der Waals surface area contributed by atoms with E-state index in [2.05, 4.69) is 9.72 Å². The van der Waals surface area contributed by atoms with E-state index in [-0.39, 0.29) is 0 Å². The van der Waals surface area contributed by atoms with E-state index in [1.54, 1.807) is 0 Å². The van der Waals surface area contributed by atoms with Gasteiger partial charge < -0.3 is 9.84 Å². The van der Waals surface area contributed by atoms with E-state index in [0.29, 0.717) is 6.20 Å². The maximum Gasteiger partial charge on any atom is 0.573 e. The Bertz CT molecular complexity index is 410. The Balaban J connectivity index is 3.34. The molecule has 96 valence electrons. The summed E-state index contributed by atoms with van der Waals surface area (Å²) < 4.78 is 64.4. The van der Waals surface area contributed by atoms with Gasteiger partial charge in [-0.3, -0.25) is 0 Å². The number of aliphatic hydroxyl groups excluding tert-OH is 1. The summed E-state index contributed by atoms with van der Waals surface area (Å²) in [6.07, 6.45) is -7.94. The van der Waals surface area contributed by atoms with E-state index in [1.165, 1.54) is 0 Å². The van der Waals surface area contributed by atoms with Gasteiger partial charge in [0.1, 0.15) is 10.9 Å². The molecule has 1 aromatic heterocycles. The van der Waals surface area contributed by atoms with Crippen molar-refractivity contribution in [2.24, 2.45) is 0 Å². The van der Waals surface area contributed by atoms with Crippen LogP contribution in [0, 0.1) is 0 Å². The molecule has 3 nitrogen and oxygen atoms in total. The summed E-state index contributed by atoms with van der Waals surface area (Å²) >= 11 is 5.37. The first kappa shape index (κ1) is 13.9. The van der Waals surface area contributed by atoms with E-state index < -0.39 is 41.4 Å². The lowest BCUT2D eigenvalue weighted by Gasteiger charge is -2.16. The standard InChI is InChI=1S/C8H5ClF5NO2/c9-6-4(2-16)5(17-8(12,13)14)3(1-15-6)7(10)11/h1,7,16H,2H2. The van der Waals surface area contributed by atoms with Crippen LogP contribution in [-0.4, -0.2) is 16.5 Å². The van der Waals surface area contributed by atoms with Crippen LogP contribution in [0.1, 0.15) is 17.6 Å². The monoisotopic (exact) mass is 277 g/mol. The van der Waals surface area contributed by atoms with Crippen LogP contribution < -0.4 is 4.74 Å². The molecule has 0 aromatic carbocycles. The fourth-order valence-electron chi connectivity index (χ4n) is 1.06. The van der Waals surface area contributed by atoms with Gasteiger partial charge in [0.2, 0.25) is 0 Å². The zero-order valence-corrected chi connectivity index (χ0v) is 8.69. The first-order chi connectivity index (χ1) is 7.76. The summed E-state index contributed by atoms with van der Waals surface area (Å²) in [6.45, 7) is -1.00. The van der Waals surface area contributed by atoms with E-state index in [9.17, 15) is 22.0 Å². The summed E-state index contributed by atoms with van der Waals surface area (Å²) in [4.78, 5) is 3.24. The lowest BCUT2D eigenvalue weighted by molar-refractivity contribution is -0.275. The second-order valence-corrected chi connectivity index (χ2v) is 3.18. The summed E-state index contributed by atoms with van der Waals surface area (Å²) in [5.74, 6) is -1.21. The lowest BCUT2D eigenvalue weighted by Crippen LogP contribution is -2.20. The minimum absolute atomic E-state index is 0.466. The maximum absolute atomic E-state index is 12.4. The predicted molar refractivity (Wildman–Crippen MR) is 46.8 cm³/mol. The van der Waals surface area contributed by atoms with Gasteiger partial charge in [0.25, 0.3) is 6.43 Å². The van der Waals surface area contributed by atoms with Crippen molar-refractivity contribution >= 4 is 11.6 Å². The first-order valence-electron chi connectivity index (χ1n) is 4.08. The van der Waals surface area contributed by atoms with Crippen LogP contribution in [0.2, 0.25) is 5.15 Å². The largest absolute Gasteiger partial charge is 0.573 e. The third kappa shape index (κ3) is 3.40. The van der Waals surface area contributed by atoms with Crippen molar-refractivity contribution in [3.63, 3.8) is 0 Å². The van der Waals surface area contributed by atoms with Gasteiger partial charge in [-0.15, -0.1) is 13.2 Å². The molecule has 0 fully saturated rings. The molecular formula is C8H5ClF5NO2. The van der Waals surface area contributed by atoms with E-state index in [0.717, 1.165) is 0 Å². The van der Waals surface area contributed by atoms with Crippen LogP contribution in [0.15, 0.2) is 6.20 Å². The number of aliphatic hydroxyl groups is 1. The number of halogens is 6. The highest BCUT2D eigenvalue weighted by atomic mass is 35.5. The Morgan fingerprint density at radius 2 is 2.00 bits per heavy atom. The predicted octanol–water partition coefficient (Wildman–Crippen LogP) is 3.06. The number of ether oxygens (including phenoxy) is 1. The molecule has 0 amide bonds. The number of rotatable bonds is 3. The van der Waals surface area contributed by atoms with E-state index in [4.69, 9.17) is 16.7 Å². The highest BCUT2D eigenvalue weighted by Crippen LogP contribution is 2.37. The smallest absolute Gasteiger partial charge is 0.405 e. The molecule has 0 bridgehead atoms. The first-order valence-corrected chi connectivity index (χ1v) is 4.46. The second kappa shape index (κ2) is 5.01. The molecule has 0 spiro atoms. The fourth-order valence-corrected chi connectivity index (χ4v) is 1.25. The SMILES string of the molecule is OCc1c(Cl)ncc(C(F)F)c1OC(F)(F)F. The van der Waals surface area contributed by atoms with E-state index >= 15 is 0 Å². The van der Waals surface area contributed by atoms with Gasteiger partial charge in [-0.2, -0.15) is 0 Å². The number of nitrogens with zero attached hydrogens (tertiary/aromatic N) is 1. The molecule has 0 saturated carbocycles. The van der Waals surface area contributed by atoms with Gasteiger partial charge in [0.15, 0.2) is 0 Å². The minimum atomic E-state index is -5.17. The van der Waals surface area contributed by atoms with Gasteiger partial charge in [-0.05, 0) is 0 Å². The van der Waals surface area contributed by atoms with Gasteiger partial charge >= 0.3 is 6.36 Å². The molecule has 0 aliphatic heterocycles. The Morgan fingerprint density at radius 3 is 2.41 bits per heavy atom. The molecule has 0 saturated heterocycles. The van der Waals surface area contributed by atoms with Crippen molar-refractivity contribution in [1.29, 1.82) is 0 Å². The van der Waals surface area contributed by atoms with Gasteiger partial charge in [-0.1, -0.05) is 11.6 Å². The maximum atomic E-state index is 12.4. The Morgan fingerprint density at radius 1 is 1.41 bits per heavy atom. The molecule has 0 radical (unpaired) electrons. The van der Waals surface area contributed by atoms with Crippen LogP contribution in [0.25, 0.3) is 0 Å². The zero-order valence-electron chi connectivity index (χ0n) is 7.93. The summed E-state index contributed by atoms with van der Waals surface area (Å²) in [6, 6.07) is 0. The lowest BCUT2D eigenvalue weighted by atomic mass is 10.2. The van der Waals surface area contributed by atoms with Crippen LogP contribution in [0.3, 0.4) is 0 Å². The number of aromatic nitrogens is 1. The van der Waals surface area contributed by atoms with Gasteiger partial charge in [0, 0.05) is 6.20 Å². The van der Waals surface area contributed by atoms with Crippen LogP contribution >= 0.6 is 11.6 Å². The van der Waals surface area contributed by atoms with Crippen molar-refractivity contribution in [1.82, 2.24) is 4.98 Å². The van der Waals surface area contributed by atoms with Crippen molar-refractivity contribution in [3.05, 3.63) is 22.5 Å². The van der Waals surface area contributed by atoms with Crippen molar-refractivity contribution in [2.45, 2.75) is 19.4 Å². The molecule has 9 heteroatoms. The van der Waals surface area contributed by atoms with Crippen molar-refractivity contribution in [2.75, 3.05) is 0 Å². The van der Waals surface area contributed by atoms with Crippen molar-refractivity contribution < 1.29 is 31.8 Å².